The first-order chi connectivity index (χ1) is 11.6. The van der Waals surface area contributed by atoms with Crippen molar-refractivity contribution >= 4 is 5.91 Å². The number of carbonyl (C=O) groups is 1. The molecule has 0 bridgehead atoms. The predicted molar refractivity (Wildman–Crippen MR) is 90.9 cm³/mol. The molecule has 24 heavy (non-hydrogen) atoms. The van der Waals surface area contributed by atoms with Crippen molar-refractivity contribution in [2.45, 2.75) is 38.6 Å². The maximum absolute atomic E-state index is 12.5. The molecule has 2 heterocycles. The van der Waals surface area contributed by atoms with Gasteiger partial charge in [0.05, 0.1) is 6.04 Å². The van der Waals surface area contributed by atoms with Crippen molar-refractivity contribution in [2.75, 3.05) is 19.7 Å². The van der Waals surface area contributed by atoms with Crippen molar-refractivity contribution in [2.24, 2.45) is 0 Å². The van der Waals surface area contributed by atoms with Gasteiger partial charge in [0.15, 0.2) is 6.61 Å². The lowest BCUT2D eigenvalue weighted by Crippen LogP contribution is -2.43. The molecule has 0 spiro atoms. The average molecular weight is 328 g/mol. The van der Waals surface area contributed by atoms with Gasteiger partial charge in [0.2, 0.25) is 0 Å². The minimum absolute atomic E-state index is 0.0229. The Kier molecular flexibility index (Phi) is 5.13. The summed E-state index contributed by atoms with van der Waals surface area (Å²) in [4.78, 5) is 18.3. The number of ether oxygens (including phenoxy) is 1. The third-order valence-electron chi connectivity index (χ3n) is 4.45. The van der Waals surface area contributed by atoms with E-state index in [2.05, 4.69) is 30.0 Å². The highest BCUT2D eigenvalue weighted by atomic mass is 16.5. The predicted octanol–water partition coefficient (Wildman–Crippen LogP) is 2.64. The van der Waals surface area contributed by atoms with E-state index >= 15 is 0 Å². The molecule has 1 aliphatic heterocycles. The van der Waals surface area contributed by atoms with Crippen LogP contribution in [-0.2, 0) is 4.79 Å². The molecule has 3 rings (SSSR count). The van der Waals surface area contributed by atoms with E-state index in [1.54, 1.807) is 6.33 Å². The summed E-state index contributed by atoms with van der Waals surface area (Å²) in [5.74, 6) is 1.21. The van der Waals surface area contributed by atoms with Gasteiger partial charge in [-0.15, -0.1) is 0 Å². The quantitative estimate of drug-likeness (QED) is 0.846. The Balaban J connectivity index is 1.56. The van der Waals surface area contributed by atoms with Crippen LogP contribution in [-0.4, -0.2) is 45.3 Å². The van der Waals surface area contributed by atoms with Crippen LogP contribution in [0, 0.1) is 0 Å². The van der Waals surface area contributed by atoms with E-state index in [9.17, 15) is 4.79 Å². The van der Waals surface area contributed by atoms with Crippen molar-refractivity contribution in [3.63, 3.8) is 0 Å². The van der Waals surface area contributed by atoms with Crippen LogP contribution in [0.3, 0.4) is 0 Å². The second kappa shape index (κ2) is 7.47. The Morgan fingerprint density at radius 2 is 2.29 bits per heavy atom. The fourth-order valence-electron chi connectivity index (χ4n) is 3.00. The Morgan fingerprint density at radius 3 is 3.04 bits per heavy atom. The highest BCUT2D eigenvalue weighted by Gasteiger charge is 2.25. The third-order valence-corrected chi connectivity index (χ3v) is 4.45. The fourth-order valence-corrected chi connectivity index (χ4v) is 3.00. The monoisotopic (exact) mass is 328 g/mol. The van der Waals surface area contributed by atoms with Crippen molar-refractivity contribution < 1.29 is 9.53 Å². The summed E-state index contributed by atoms with van der Waals surface area (Å²) in [7, 11) is 0. The van der Waals surface area contributed by atoms with E-state index in [1.165, 1.54) is 11.9 Å². The van der Waals surface area contributed by atoms with Crippen LogP contribution < -0.4 is 4.74 Å². The first-order valence-electron chi connectivity index (χ1n) is 8.48. The summed E-state index contributed by atoms with van der Waals surface area (Å²) in [6.45, 7) is 5.80. The number of hydrogen-bond donors (Lipinski definition) is 0. The van der Waals surface area contributed by atoms with Crippen LogP contribution in [0.2, 0.25) is 0 Å². The summed E-state index contributed by atoms with van der Waals surface area (Å²) in [5.41, 5.74) is 1.21. The topological polar surface area (TPSA) is 60.2 Å². The molecule has 1 aromatic heterocycles. The second-order valence-electron chi connectivity index (χ2n) is 6.53. The zero-order valence-corrected chi connectivity index (χ0v) is 14.3. The number of nitrogens with zero attached hydrogens (tertiary/aromatic N) is 4. The lowest BCUT2D eigenvalue weighted by Gasteiger charge is -2.32. The Hall–Kier alpha value is -2.37. The van der Waals surface area contributed by atoms with Gasteiger partial charge in [0.1, 0.15) is 18.4 Å². The summed E-state index contributed by atoms with van der Waals surface area (Å²) < 4.78 is 7.55. The molecule has 1 aliphatic rings. The van der Waals surface area contributed by atoms with Gasteiger partial charge in [-0.2, -0.15) is 5.10 Å². The van der Waals surface area contributed by atoms with Crippen LogP contribution in [0.25, 0.3) is 0 Å². The number of piperidine rings is 1. The normalized spacial score (nSPS) is 18.0. The molecule has 128 valence electrons. The van der Waals surface area contributed by atoms with Gasteiger partial charge in [-0.3, -0.25) is 4.79 Å². The maximum atomic E-state index is 12.5. The highest BCUT2D eigenvalue weighted by molar-refractivity contribution is 5.77. The highest BCUT2D eigenvalue weighted by Crippen LogP contribution is 2.22. The Bertz CT molecular complexity index is 669. The van der Waals surface area contributed by atoms with Crippen LogP contribution in [0.15, 0.2) is 36.9 Å². The van der Waals surface area contributed by atoms with E-state index in [1.807, 2.05) is 27.8 Å². The molecule has 1 fully saturated rings. The van der Waals surface area contributed by atoms with Gasteiger partial charge in [-0.25, -0.2) is 9.67 Å². The first-order valence-corrected chi connectivity index (χ1v) is 8.48. The van der Waals surface area contributed by atoms with Gasteiger partial charge in [0.25, 0.3) is 5.91 Å². The van der Waals surface area contributed by atoms with Crippen LogP contribution in [0.1, 0.15) is 44.2 Å². The van der Waals surface area contributed by atoms with Gasteiger partial charge in [-0.1, -0.05) is 26.0 Å². The third kappa shape index (κ3) is 3.93. The lowest BCUT2D eigenvalue weighted by molar-refractivity contribution is -0.135. The van der Waals surface area contributed by atoms with E-state index in [-0.39, 0.29) is 18.6 Å². The number of carbonyl (C=O) groups excluding carboxylic acids is 1. The summed E-state index contributed by atoms with van der Waals surface area (Å²) in [6.07, 6.45) is 5.24. The van der Waals surface area contributed by atoms with Gasteiger partial charge in [0, 0.05) is 13.1 Å². The summed E-state index contributed by atoms with van der Waals surface area (Å²) in [5, 5.41) is 4.19. The van der Waals surface area contributed by atoms with Gasteiger partial charge >= 0.3 is 0 Å². The summed E-state index contributed by atoms with van der Waals surface area (Å²) in [6, 6.07) is 8.15. The molecule has 0 aliphatic carbocycles. The van der Waals surface area contributed by atoms with E-state index in [4.69, 9.17) is 4.74 Å². The molecule has 1 saturated heterocycles. The lowest BCUT2D eigenvalue weighted by atomic mass is 10.0. The van der Waals surface area contributed by atoms with Crippen molar-refractivity contribution in [3.05, 3.63) is 42.5 Å². The number of benzene rings is 1. The van der Waals surface area contributed by atoms with Crippen LogP contribution in [0.5, 0.6) is 5.75 Å². The molecule has 1 amide bonds. The van der Waals surface area contributed by atoms with Crippen LogP contribution >= 0.6 is 0 Å². The zero-order valence-electron chi connectivity index (χ0n) is 14.3. The molecule has 0 radical (unpaired) electrons. The van der Waals surface area contributed by atoms with Crippen molar-refractivity contribution in [1.82, 2.24) is 19.7 Å². The SMILES string of the molecule is CC(C)c1cccc(OCC(=O)N2CCC[C@H](n3cncn3)C2)c1. The van der Waals surface area contributed by atoms with Gasteiger partial charge < -0.3 is 9.64 Å². The first kappa shape index (κ1) is 16.5. The molecule has 0 N–H and O–H groups in total. The number of hydrogen-bond acceptors (Lipinski definition) is 4. The molecular formula is C18H24N4O2. The Morgan fingerprint density at radius 1 is 1.42 bits per heavy atom. The standard InChI is InChI=1S/C18H24N4O2/c1-14(2)15-5-3-7-17(9-15)24-11-18(23)21-8-4-6-16(10-21)22-13-19-12-20-22/h3,5,7,9,12-14,16H,4,6,8,10-11H2,1-2H3/t16-/m0/s1. The molecular weight excluding hydrogens is 304 g/mol. The molecule has 6 nitrogen and oxygen atoms in total. The summed E-state index contributed by atoms with van der Waals surface area (Å²) >= 11 is 0. The van der Waals surface area contributed by atoms with E-state index in [0.717, 1.165) is 25.1 Å². The van der Waals surface area contributed by atoms with Crippen LogP contribution in [0.4, 0.5) is 0 Å². The number of amides is 1. The smallest absolute Gasteiger partial charge is 0.260 e. The van der Waals surface area contributed by atoms with E-state index in [0.29, 0.717) is 12.5 Å². The van der Waals surface area contributed by atoms with Crippen molar-refractivity contribution in [1.29, 1.82) is 0 Å². The largest absolute Gasteiger partial charge is 0.484 e. The minimum atomic E-state index is 0.0229. The number of aromatic nitrogens is 3. The molecule has 6 heteroatoms. The maximum Gasteiger partial charge on any atom is 0.260 e. The molecule has 2 aromatic rings. The molecule has 0 saturated carbocycles. The van der Waals surface area contributed by atoms with Crippen molar-refractivity contribution in [3.8, 4) is 5.75 Å². The number of rotatable bonds is 5. The zero-order chi connectivity index (χ0) is 16.9. The Labute approximate surface area is 142 Å². The molecule has 1 aromatic carbocycles. The molecule has 0 unspecified atom stereocenters. The van der Waals surface area contributed by atoms with Gasteiger partial charge in [-0.05, 0) is 36.5 Å². The second-order valence-corrected chi connectivity index (χ2v) is 6.53. The fraction of sp³-hybridized carbons (Fsp3) is 0.500. The average Bonchev–Trinajstić information content (AvgIpc) is 3.15. The minimum Gasteiger partial charge on any atom is -0.484 e. The molecule has 1 atom stereocenters. The van der Waals surface area contributed by atoms with E-state index < -0.39 is 0 Å². The number of likely N-dealkylation sites (tertiary alicyclic amines) is 1.